The zero-order chi connectivity index (χ0) is 10.8. The van der Waals surface area contributed by atoms with Crippen molar-refractivity contribution in [3.8, 4) is 11.1 Å². The van der Waals surface area contributed by atoms with E-state index in [9.17, 15) is 4.39 Å². The largest absolute Gasteiger partial charge is 0.399 e. The van der Waals surface area contributed by atoms with Crippen molar-refractivity contribution >= 4 is 17.3 Å². The number of hydrogen-bond donors (Lipinski definition) is 1. The van der Waals surface area contributed by atoms with Crippen LogP contribution in [0.2, 0.25) is 5.02 Å². The molecule has 2 N–H and O–H groups in total. The van der Waals surface area contributed by atoms with Crippen molar-refractivity contribution in [1.82, 2.24) is 0 Å². The van der Waals surface area contributed by atoms with E-state index in [4.69, 9.17) is 17.3 Å². The van der Waals surface area contributed by atoms with Gasteiger partial charge in [-0.3, -0.25) is 0 Å². The van der Waals surface area contributed by atoms with Crippen LogP contribution in [-0.4, -0.2) is 0 Å². The summed E-state index contributed by atoms with van der Waals surface area (Å²) in [5.41, 5.74) is 6.96. The molecule has 0 bridgehead atoms. The van der Waals surface area contributed by atoms with Gasteiger partial charge in [-0.1, -0.05) is 41.9 Å². The molecule has 3 heteroatoms. The first-order valence-electron chi connectivity index (χ1n) is 4.48. The number of anilines is 1. The molecule has 2 rings (SSSR count). The summed E-state index contributed by atoms with van der Waals surface area (Å²) in [5.74, 6) is -0.397. The number of benzene rings is 2. The molecule has 0 aliphatic heterocycles. The van der Waals surface area contributed by atoms with E-state index in [-0.39, 0.29) is 0 Å². The van der Waals surface area contributed by atoms with Crippen LogP contribution in [0.25, 0.3) is 11.1 Å². The fourth-order valence-corrected chi connectivity index (χ4v) is 1.80. The van der Waals surface area contributed by atoms with Gasteiger partial charge in [-0.25, -0.2) is 4.39 Å². The second-order valence-electron chi connectivity index (χ2n) is 3.23. The van der Waals surface area contributed by atoms with Gasteiger partial charge < -0.3 is 5.73 Å². The molecule has 1 nitrogen and oxygen atoms in total. The molecule has 0 aromatic heterocycles. The molecular formula is C12H9ClFN. The maximum atomic E-state index is 13.6. The normalized spacial score (nSPS) is 10.3. The molecular weight excluding hydrogens is 213 g/mol. The number of hydrogen-bond acceptors (Lipinski definition) is 1. The lowest BCUT2D eigenvalue weighted by molar-refractivity contribution is 0.632. The first kappa shape index (κ1) is 9.99. The Hall–Kier alpha value is -1.54. The number of nitrogen functional groups attached to an aromatic ring is 1. The molecule has 2 aromatic carbocycles. The van der Waals surface area contributed by atoms with Gasteiger partial charge in [-0.15, -0.1) is 0 Å². The first-order valence-corrected chi connectivity index (χ1v) is 4.86. The van der Waals surface area contributed by atoms with Crippen LogP contribution in [0.5, 0.6) is 0 Å². The molecule has 0 spiro atoms. The smallest absolute Gasteiger partial charge is 0.134 e. The summed E-state index contributed by atoms with van der Waals surface area (Å²) in [7, 11) is 0. The highest BCUT2D eigenvalue weighted by Gasteiger charge is 2.10. The minimum absolute atomic E-state index is 0.331. The lowest BCUT2D eigenvalue weighted by Gasteiger charge is -2.06. The molecule has 0 fully saturated rings. The van der Waals surface area contributed by atoms with Crippen LogP contribution < -0.4 is 5.73 Å². The molecule has 0 heterocycles. The van der Waals surface area contributed by atoms with Crippen LogP contribution in [-0.2, 0) is 0 Å². The molecule has 0 saturated heterocycles. The van der Waals surface area contributed by atoms with E-state index in [1.54, 1.807) is 18.2 Å². The highest BCUT2D eigenvalue weighted by Crippen LogP contribution is 2.32. The van der Waals surface area contributed by atoms with Crippen LogP contribution >= 0.6 is 11.6 Å². The maximum Gasteiger partial charge on any atom is 0.134 e. The Bertz CT molecular complexity index is 459. The molecule has 0 radical (unpaired) electrons. The van der Waals surface area contributed by atoms with Gasteiger partial charge in [0.15, 0.2) is 0 Å². The van der Waals surface area contributed by atoms with Crippen LogP contribution in [0, 0.1) is 5.82 Å². The Labute approximate surface area is 92.3 Å². The molecule has 76 valence electrons. The third kappa shape index (κ3) is 1.95. The van der Waals surface area contributed by atoms with Gasteiger partial charge in [0.2, 0.25) is 0 Å². The van der Waals surface area contributed by atoms with Gasteiger partial charge in [-0.05, 0) is 17.7 Å². The van der Waals surface area contributed by atoms with E-state index in [0.717, 1.165) is 5.56 Å². The van der Waals surface area contributed by atoms with E-state index in [0.29, 0.717) is 16.3 Å². The second-order valence-corrected chi connectivity index (χ2v) is 3.63. The van der Waals surface area contributed by atoms with Crippen LogP contribution in [0.15, 0.2) is 42.5 Å². The fourth-order valence-electron chi connectivity index (χ4n) is 1.47. The van der Waals surface area contributed by atoms with E-state index in [2.05, 4.69) is 0 Å². The Morgan fingerprint density at radius 1 is 1.07 bits per heavy atom. The van der Waals surface area contributed by atoms with E-state index in [1.165, 1.54) is 6.07 Å². The minimum Gasteiger partial charge on any atom is -0.399 e. The number of nitrogens with two attached hydrogens (primary N) is 1. The van der Waals surface area contributed by atoms with Crippen LogP contribution in [0.4, 0.5) is 10.1 Å². The molecule has 0 aliphatic rings. The molecule has 0 amide bonds. The SMILES string of the molecule is Nc1cc(F)c(-c2ccccc2)c(Cl)c1. The number of rotatable bonds is 1. The summed E-state index contributed by atoms with van der Waals surface area (Å²) in [6, 6.07) is 12.0. The Morgan fingerprint density at radius 3 is 2.33 bits per heavy atom. The summed E-state index contributed by atoms with van der Waals surface area (Å²) >= 11 is 5.95. The van der Waals surface area contributed by atoms with Gasteiger partial charge in [0.25, 0.3) is 0 Å². The van der Waals surface area contributed by atoms with Crippen LogP contribution in [0.1, 0.15) is 0 Å². The average Bonchev–Trinajstić information content (AvgIpc) is 2.17. The zero-order valence-corrected chi connectivity index (χ0v) is 8.63. The summed E-state index contributed by atoms with van der Waals surface area (Å²) in [5, 5.41) is 0.332. The first-order chi connectivity index (χ1) is 7.18. The van der Waals surface area contributed by atoms with E-state index < -0.39 is 5.82 Å². The van der Waals surface area contributed by atoms with Crippen molar-refractivity contribution in [2.45, 2.75) is 0 Å². The minimum atomic E-state index is -0.397. The second kappa shape index (κ2) is 3.91. The summed E-state index contributed by atoms with van der Waals surface area (Å²) in [6.45, 7) is 0. The van der Waals surface area contributed by atoms with Gasteiger partial charge >= 0.3 is 0 Å². The highest BCUT2D eigenvalue weighted by atomic mass is 35.5. The van der Waals surface area contributed by atoms with Crippen molar-refractivity contribution in [2.75, 3.05) is 5.73 Å². The standard InChI is InChI=1S/C12H9ClFN/c13-10-6-9(15)7-11(14)12(10)8-4-2-1-3-5-8/h1-7H,15H2. The van der Waals surface area contributed by atoms with Crippen molar-refractivity contribution in [3.63, 3.8) is 0 Å². The Balaban J connectivity index is 2.64. The van der Waals surface area contributed by atoms with Gasteiger partial charge in [0.1, 0.15) is 5.82 Å². The van der Waals surface area contributed by atoms with Crippen molar-refractivity contribution < 1.29 is 4.39 Å². The quantitative estimate of drug-likeness (QED) is 0.730. The lowest BCUT2D eigenvalue weighted by atomic mass is 10.0. The van der Waals surface area contributed by atoms with Gasteiger partial charge in [0.05, 0.1) is 5.02 Å². The molecule has 0 unspecified atom stereocenters. The molecule has 2 aromatic rings. The van der Waals surface area contributed by atoms with E-state index >= 15 is 0 Å². The van der Waals surface area contributed by atoms with Crippen molar-refractivity contribution in [1.29, 1.82) is 0 Å². The molecule has 0 aliphatic carbocycles. The third-order valence-electron chi connectivity index (χ3n) is 2.13. The predicted octanol–water partition coefficient (Wildman–Crippen LogP) is 3.73. The average molecular weight is 222 g/mol. The monoisotopic (exact) mass is 221 g/mol. The van der Waals surface area contributed by atoms with Gasteiger partial charge in [0, 0.05) is 11.3 Å². The zero-order valence-electron chi connectivity index (χ0n) is 7.87. The topological polar surface area (TPSA) is 26.0 Å². The third-order valence-corrected chi connectivity index (χ3v) is 2.42. The Morgan fingerprint density at radius 2 is 1.73 bits per heavy atom. The highest BCUT2D eigenvalue weighted by molar-refractivity contribution is 6.33. The summed E-state index contributed by atoms with van der Waals surface area (Å²) < 4.78 is 13.6. The molecule has 0 saturated carbocycles. The van der Waals surface area contributed by atoms with Crippen LogP contribution in [0.3, 0.4) is 0 Å². The maximum absolute atomic E-state index is 13.6. The fraction of sp³-hybridized carbons (Fsp3) is 0. The predicted molar refractivity (Wildman–Crippen MR) is 61.3 cm³/mol. The molecule has 0 atom stereocenters. The Kier molecular flexibility index (Phi) is 2.60. The summed E-state index contributed by atoms with van der Waals surface area (Å²) in [4.78, 5) is 0. The number of halogens is 2. The molecule has 15 heavy (non-hydrogen) atoms. The summed E-state index contributed by atoms with van der Waals surface area (Å²) in [6.07, 6.45) is 0. The van der Waals surface area contributed by atoms with Crippen molar-refractivity contribution in [2.24, 2.45) is 0 Å². The van der Waals surface area contributed by atoms with Crippen molar-refractivity contribution in [3.05, 3.63) is 53.3 Å². The lowest BCUT2D eigenvalue weighted by Crippen LogP contribution is -1.91. The van der Waals surface area contributed by atoms with E-state index in [1.807, 2.05) is 18.2 Å². The van der Waals surface area contributed by atoms with Gasteiger partial charge in [-0.2, -0.15) is 0 Å².